The molecule has 0 saturated carbocycles. The lowest BCUT2D eigenvalue weighted by atomic mass is 10.0. The van der Waals surface area contributed by atoms with E-state index in [1.807, 2.05) is 12.1 Å². The third-order valence-electron chi connectivity index (χ3n) is 3.47. The minimum absolute atomic E-state index is 0.243. The highest BCUT2D eigenvalue weighted by molar-refractivity contribution is 5.64. The first-order valence-electron chi connectivity index (χ1n) is 7.15. The molecule has 0 aliphatic rings. The van der Waals surface area contributed by atoms with Gasteiger partial charge < -0.3 is 0 Å². The summed E-state index contributed by atoms with van der Waals surface area (Å²) in [5.74, 6) is 5.89. The van der Waals surface area contributed by atoms with Gasteiger partial charge in [0.15, 0.2) is 0 Å². The summed E-state index contributed by atoms with van der Waals surface area (Å²) in [6.07, 6.45) is 0. The van der Waals surface area contributed by atoms with Gasteiger partial charge in [-0.15, -0.1) is 0 Å². The van der Waals surface area contributed by atoms with Crippen LogP contribution in [-0.2, 0) is 0 Å². The van der Waals surface area contributed by atoms with Gasteiger partial charge in [0.2, 0.25) is 0 Å². The van der Waals surface area contributed by atoms with Crippen molar-refractivity contribution in [2.75, 3.05) is 0 Å². The summed E-state index contributed by atoms with van der Waals surface area (Å²) in [4.78, 5) is 0. The zero-order chi connectivity index (χ0) is 15.4. The minimum Gasteiger partial charge on any atom is -0.207 e. The molecule has 0 saturated heterocycles. The molecule has 0 fully saturated rings. The summed E-state index contributed by atoms with van der Waals surface area (Å²) in [6.45, 7) is 2.08. The molecule has 3 aromatic rings. The van der Waals surface area contributed by atoms with Crippen LogP contribution in [-0.4, -0.2) is 0 Å². The van der Waals surface area contributed by atoms with E-state index in [2.05, 4.69) is 55.2 Å². The van der Waals surface area contributed by atoms with Gasteiger partial charge in [-0.05, 0) is 54.4 Å². The molecule has 0 nitrogen and oxygen atoms in total. The van der Waals surface area contributed by atoms with Crippen LogP contribution in [0.1, 0.15) is 16.7 Å². The van der Waals surface area contributed by atoms with Crippen molar-refractivity contribution in [3.8, 4) is 23.0 Å². The predicted octanol–water partition coefficient (Wildman–Crippen LogP) is 5.20. The average molecular weight is 286 g/mol. The van der Waals surface area contributed by atoms with Gasteiger partial charge in [-0.1, -0.05) is 53.8 Å². The molecule has 3 rings (SSSR count). The SMILES string of the molecule is Cc1ccc(-c2ccc(C#Cc3ccc(F)cc3)cc2)cc1. The van der Waals surface area contributed by atoms with E-state index in [-0.39, 0.29) is 5.82 Å². The second-order valence-electron chi connectivity index (χ2n) is 5.20. The fourth-order valence-electron chi connectivity index (χ4n) is 2.17. The summed E-state index contributed by atoms with van der Waals surface area (Å²) < 4.78 is 12.8. The summed E-state index contributed by atoms with van der Waals surface area (Å²) in [6, 6.07) is 22.8. The lowest BCUT2D eigenvalue weighted by Crippen LogP contribution is -1.80. The highest BCUT2D eigenvalue weighted by atomic mass is 19.1. The first-order valence-corrected chi connectivity index (χ1v) is 7.15. The number of halogens is 1. The first-order chi connectivity index (χ1) is 10.7. The molecule has 1 heteroatoms. The molecule has 0 bridgehead atoms. The number of rotatable bonds is 1. The average Bonchev–Trinajstić information content (AvgIpc) is 2.56. The van der Waals surface area contributed by atoms with E-state index in [9.17, 15) is 4.39 Å². The van der Waals surface area contributed by atoms with Crippen LogP contribution in [0, 0.1) is 24.6 Å². The molecule has 0 atom stereocenters. The Hall–Kier alpha value is -2.85. The van der Waals surface area contributed by atoms with Crippen LogP contribution in [0.4, 0.5) is 4.39 Å². The summed E-state index contributed by atoms with van der Waals surface area (Å²) >= 11 is 0. The van der Waals surface area contributed by atoms with Crippen LogP contribution in [0.25, 0.3) is 11.1 Å². The monoisotopic (exact) mass is 286 g/mol. The van der Waals surface area contributed by atoms with Gasteiger partial charge in [0.05, 0.1) is 0 Å². The van der Waals surface area contributed by atoms with Crippen LogP contribution >= 0.6 is 0 Å². The molecule has 0 aliphatic carbocycles. The molecule has 0 unspecified atom stereocenters. The van der Waals surface area contributed by atoms with Gasteiger partial charge in [0, 0.05) is 11.1 Å². The smallest absolute Gasteiger partial charge is 0.123 e. The third-order valence-corrected chi connectivity index (χ3v) is 3.47. The maximum atomic E-state index is 12.8. The van der Waals surface area contributed by atoms with E-state index >= 15 is 0 Å². The normalized spacial score (nSPS) is 9.91. The van der Waals surface area contributed by atoms with E-state index in [1.54, 1.807) is 12.1 Å². The predicted molar refractivity (Wildman–Crippen MR) is 89.0 cm³/mol. The summed E-state index contributed by atoms with van der Waals surface area (Å²) in [5.41, 5.74) is 5.38. The van der Waals surface area contributed by atoms with Crippen molar-refractivity contribution in [2.45, 2.75) is 6.92 Å². The Kier molecular flexibility index (Phi) is 4.03. The Morgan fingerprint density at radius 1 is 0.591 bits per heavy atom. The van der Waals surface area contributed by atoms with Crippen molar-refractivity contribution < 1.29 is 4.39 Å². The zero-order valence-electron chi connectivity index (χ0n) is 12.3. The van der Waals surface area contributed by atoms with Gasteiger partial charge in [-0.2, -0.15) is 0 Å². The molecular weight excluding hydrogens is 271 g/mol. The molecule has 106 valence electrons. The largest absolute Gasteiger partial charge is 0.207 e. The highest BCUT2D eigenvalue weighted by Crippen LogP contribution is 2.20. The van der Waals surface area contributed by atoms with E-state index in [0.29, 0.717) is 0 Å². The van der Waals surface area contributed by atoms with Crippen molar-refractivity contribution >= 4 is 0 Å². The maximum Gasteiger partial charge on any atom is 0.123 e. The van der Waals surface area contributed by atoms with Crippen molar-refractivity contribution in [2.24, 2.45) is 0 Å². The van der Waals surface area contributed by atoms with Crippen molar-refractivity contribution in [1.29, 1.82) is 0 Å². The Bertz CT molecular complexity index is 814. The molecule has 0 radical (unpaired) electrons. The third kappa shape index (κ3) is 3.42. The van der Waals surface area contributed by atoms with Gasteiger partial charge >= 0.3 is 0 Å². The lowest BCUT2D eigenvalue weighted by molar-refractivity contribution is 0.627. The topological polar surface area (TPSA) is 0 Å². The number of benzene rings is 3. The molecule has 0 aliphatic heterocycles. The van der Waals surface area contributed by atoms with Crippen molar-refractivity contribution in [3.63, 3.8) is 0 Å². The fourth-order valence-corrected chi connectivity index (χ4v) is 2.17. The first kappa shape index (κ1) is 14.1. The zero-order valence-corrected chi connectivity index (χ0v) is 12.3. The second-order valence-corrected chi connectivity index (χ2v) is 5.20. The fraction of sp³-hybridized carbons (Fsp3) is 0.0476. The van der Waals surface area contributed by atoms with Crippen LogP contribution in [0.3, 0.4) is 0 Å². The molecular formula is C21H15F. The second kappa shape index (κ2) is 6.28. The molecule has 0 N–H and O–H groups in total. The maximum absolute atomic E-state index is 12.8. The van der Waals surface area contributed by atoms with E-state index < -0.39 is 0 Å². The standard InChI is InChI=1S/C21H15F/c1-16-2-10-19(11-3-16)20-12-6-17(7-13-20)4-5-18-8-14-21(22)15-9-18/h2-3,6-15H,1H3. The van der Waals surface area contributed by atoms with Gasteiger partial charge in [0.1, 0.15) is 5.82 Å². The van der Waals surface area contributed by atoms with E-state index in [0.717, 1.165) is 11.1 Å². The lowest BCUT2D eigenvalue weighted by Gasteiger charge is -2.02. The Balaban J connectivity index is 1.80. The molecule has 0 spiro atoms. The molecule has 22 heavy (non-hydrogen) atoms. The van der Waals surface area contributed by atoms with Crippen LogP contribution < -0.4 is 0 Å². The molecule has 0 aromatic heterocycles. The summed E-state index contributed by atoms with van der Waals surface area (Å²) in [5, 5.41) is 0. The van der Waals surface area contributed by atoms with Crippen LogP contribution in [0.2, 0.25) is 0 Å². The Morgan fingerprint density at radius 3 is 1.50 bits per heavy atom. The van der Waals surface area contributed by atoms with Crippen molar-refractivity contribution in [3.05, 3.63) is 95.3 Å². The van der Waals surface area contributed by atoms with Crippen molar-refractivity contribution in [1.82, 2.24) is 0 Å². The van der Waals surface area contributed by atoms with Crippen LogP contribution in [0.15, 0.2) is 72.8 Å². The molecule has 0 amide bonds. The molecule has 3 aromatic carbocycles. The summed E-state index contributed by atoms with van der Waals surface area (Å²) in [7, 11) is 0. The molecule has 0 heterocycles. The quantitative estimate of drug-likeness (QED) is 0.539. The van der Waals surface area contributed by atoms with Gasteiger partial charge in [-0.3, -0.25) is 0 Å². The van der Waals surface area contributed by atoms with Gasteiger partial charge in [-0.25, -0.2) is 4.39 Å². The van der Waals surface area contributed by atoms with E-state index in [1.165, 1.54) is 28.8 Å². The Morgan fingerprint density at radius 2 is 1.00 bits per heavy atom. The van der Waals surface area contributed by atoms with Gasteiger partial charge in [0.25, 0.3) is 0 Å². The van der Waals surface area contributed by atoms with Crippen LogP contribution in [0.5, 0.6) is 0 Å². The highest BCUT2D eigenvalue weighted by Gasteiger charge is 1.97. The minimum atomic E-state index is -0.243. The number of aryl methyl sites for hydroxylation is 1. The number of hydrogen-bond acceptors (Lipinski definition) is 0. The number of hydrogen-bond donors (Lipinski definition) is 0. The Labute approximate surface area is 130 Å². The van der Waals surface area contributed by atoms with E-state index in [4.69, 9.17) is 0 Å².